The van der Waals surface area contributed by atoms with Gasteiger partial charge < -0.3 is 5.32 Å². The minimum Gasteiger partial charge on any atom is -0.312 e. The predicted molar refractivity (Wildman–Crippen MR) is 76.4 cm³/mol. The molecule has 0 aliphatic carbocycles. The summed E-state index contributed by atoms with van der Waals surface area (Å²) < 4.78 is 0. The number of nitrogens with zero attached hydrogens (tertiary/aromatic N) is 1. The zero-order valence-electron chi connectivity index (χ0n) is 12.5. The van der Waals surface area contributed by atoms with E-state index in [0.717, 1.165) is 17.9 Å². The predicted octanol–water partition coefficient (Wildman–Crippen LogP) is 3.13. The quantitative estimate of drug-likeness (QED) is 0.794. The Hall–Kier alpha value is -0.0800. The van der Waals surface area contributed by atoms with Crippen molar-refractivity contribution in [2.24, 2.45) is 11.8 Å². The third-order valence-corrected chi connectivity index (χ3v) is 4.83. The summed E-state index contributed by atoms with van der Waals surface area (Å²) in [5.41, 5.74) is 0. The zero-order chi connectivity index (χ0) is 12.8. The van der Waals surface area contributed by atoms with Crippen LogP contribution in [0.4, 0.5) is 0 Å². The zero-order valence-corrected chi connectivity index (χ0v) is 12.5. The molecule has 102 valence electrons. The lowest BCUT2D eigenvalue weighted by Crippen LogP contribution is -2.46. The molecule has 4 unspecified atom stereocenters. The normalized spacial score (nSPS) is 28.4. The lowest BCUT2D eigenvalue weighted by atomic mass is 9.95. The van der Waals surface area contributed by atoms with Crippen LogP contribution in [-0.2, 0) is 0 Å². The Morgan fingerprint density at radius 2 is 1.88 bits per heavy atom. The highest BCUT2D eigenvalue weighted by Crippen LogP contribution is 2.19. The molecular formula is C15H32N2. The highest BCUT2D eigenvalue weighted by Gasteiger charge is 2.26. The van der Waals surface area contributed by atoms with Crippen molar-refractivity contribution in [2.75, 3.05) is 19.6 Å². The highest BCUT2D eigenvalue weighted by molar-refractivity contribution is 4.83. The van der Waals surface area contributed by atoms with Crippen LogP contribution < -0.4 is 5.32 Å². The van der Waals surface area contributed by atoms with Crippen LogP contribution in [0.5, 0.6) is 0 Å². The van der Waals surface area contributed by atoms with E-state index in [9.17, 15) is 0 Å². The van der Waals surface area contributed by atoms with E-state index < -0.39 is 0 Å². The molecule has 0 spiro atoms. The second-order valence-electron chi connectivity index (χ2n) is 5.92. The van der Waals surface area contributed by atoms with Gasteiger partial charge in [0.2, 0.25) is 0 Å². The Kier molecular flexibility index (Phi) is 6.50. The first kappa shape index (κ1) is 15.0. The second-order valence-corrected chi connectivity index (χ2v) is 5.92. The minimum atomic E-state index is 0.689. The molecule has 0 aromatic heterocycles. The average Bonchev–Trinajstić information content (AvgIpc) is 2.61. The van der Waals surface area contributed by atoms with Crippen LogP contribution in [0.2, 0.25) is 0 Å². The monoisotopic (exact) mass is 240 g/mol. The molecule has 17 heavy (non-hydrogen) atoms. The highest BCUT2D eigenvalue weighted by atomic mass is 15.2. The summed E-state index contributed by atoms with van der Waals surface area (Å²) >= 11 is 0. The maximum absolute atomic E-state index is 3.73. The summed E-state index contributed by atoms with van der Waals surface area (Å²) in [4.78, 5) is 2.71. The Morgan fingerprint density at radius 1 is 1.18 bits per heavy atom. The topological polar surface area (TPSA) is 15.3 Å². The maximum atomic E-state index is 3.73. The molecule has 1 saturated heterocycles. The van der Waals surface area contributed by atoms with E-state index in [1.54, 1.807) is 0 Å². The molecule has 0 saturated carbocycles. The average molecular weight is 240 g/mol. The van der Waals surface area contributed by atoms with Crippen molar-refractivity contribution in [2.45, 2.75) is 66.0 Å². The first-order valence-electron chi connectivity index (χ1n) is 7.57. The van der Waals surface area contributed by atoms with Gasteiger partial charge >= 0.3 is 0 Å². The fourth-order valence-corrected chi connectivity index (χ4v) is 2.71. The van der Waals surface area contributed by atoms with Crippen LogP contribution in [0, 0.1) is 11.8 Å². The van der Waals surface area contributed by atoms with Crippen molar-refractivity contribution in [1.29, 1.82) is 0 Å². The molecule has 1 rings (SSSR count). The molecule has 1 fully saturated rings. The summed E-state index contributed by atoms with van der Waals surface area (Å²) in [6, 6.07) is 1.42. The lowest BCUT2D eigenvalue weighted by molar-refractivity contribution is 0.145. The van der Waals surface area contributed by atoms with Crippen molar-refractivity contribution >= 4 is 0 Å². The standard InChI is InChI=1S/C15H32N2/c1-6-12(3)14(5)17-10-8-9-16-15(11-17)13(4)7-2/h12-16H,6-11H2,1-5H3. The Morgan fingerprint density at radius 3 is 2.47 bits per heavy atom. The van der Waals surface area contributed by atoms with Crippen LogP contribution in [0.15, 0.2) is 0 Å². The van der Waals surface area contributed by atoms with E-state index >= 15 is 0 Å². The van der Waals surface area contributed by atoms with Crippen LogP contribution in [-0.4, -0.2) is 36.6 Å². The molecule has 1 heterocycles. The first-order valence-corrected chi connectivity index (χ1v) is 7.57. The molecule has 1 aliphatic heterocycles. The number of hydrogen-bond donors (Lipinski definition) is 1. The third kappa shape index (κ3) is 4.26. The van der Waals surface area contributed by atoms with Crippen LogP contribution in [0.1, 0.15) is 53.9 Å². The largest absolute Gasteiger partial charge is 0.312 e. The van der Waals surface area contributed by atoms with Crippen molar-refractivity contribution in [3.05, 3.63) is 0 Å². The van der Waals surface area contributed by atoms with Gasteiger partial charge in [0.05, 0.1) is 0 Å². The first-order chi connectivity index (χ1) is 8.10. The van der Waals surface area contributed by atoms with E-state index in [1.807, 2.05) is 0 Å². The third-order valence-electron chi connectivity index (χ3n) is 4.83. The number of hydrogen-bond acceptors (Lipinski definition) is 2. The molecule has 4 atom stereocenters. The molecule has 0 aromatic rings. The summed E-state index contributed by atoms with van der Waals surface area (Å²) in [5, 5.41) is 3.73. The van der Waals surface area contributed by atoms with E-state index in [2.05, 4.69) is 44.8 Å². The summed E-state index contributed by atoms with van der Waals surface area (Å²) in [6.45, 7) is 15.5. The Bertz CT molecular complexity index is 205. The summed E-state index contributed by atoms with van der Waals surface area (Å²) in [7, 11) is 0. The minimum absolute atomic E-state index is 0.689. The van der Waals surface area contributed by atoms with Gasteiger partial charge in [0.25, 0.3) is 0 Å². The van der Waals surface area contributed by atoms with Gasteiger partial charge in [0.1, 0.15) is 0 Å². The Balaban J connectivity index is 2.59. The van der Waals surface area contributed by atoms with E-state index in [0.29, 0.717) is 6.04 Å². The van der Waals surface area contributed by atoms with Crippen molar-refractivity contribution in [1.82, 2.24) is 10.2 Å². The van der Waals surface area contributed by atoms with Gasteiger partial charge in [0.15, 0.2) is 0 Å². The molecule has 0 bridgehead atoms. The maximum Gasteiger partial charge on any atom is 0.0220 e. The lowest BCUT2D eigenvalue weighted by Gasteiger charge is -2.35. The van der Waals surface area contributed by atoms with Crippen LogP contribution in [0.3, 0.4) is 0 Å². The molecule has 1 aliphatic rings. The van der Waals surface area contributed by atoms with Gasteiger partial charge in [-0.1, -0.05) is 40.5 Å². The van der Waals surface area contributed by atoms with Crippen molar-refractivity contribution in [3.63, 3.8) is 0 Å². The molecular weight excluding hydrogens is 208 g/mol. The van der Waals surface area contributed by atoms with Gasteiger partial charge in [-0.2, -0.15) is 0 Å². The van der Waals surface area contributed by atoms with Crippen molar-refractivity contribution in [3.8, 4) is 0 Å². The molecule has 0 aromatic carbocycles. The molecule has 1 N–H and O–H groups in total. The van der Waals surface area contributed by atoms with Gasteiger partial charge in [0, 0.05) is 18.6 Å². The van der Waals surface area contributed by atoms with Gasteiger partial charge in [-0.3, -0.25) is 4.90 Å². The fourth-order valence-electron chi connectivity index (χ4n) is 2.71. The summed E-state index contributed by atoms with van der Waals surface area (Å²) in [5.74, 6) is 1.60. The van der Waals surface area contributed by atoms with Crippen molar-refractivity contribution < 1.29 is 0 Å². The second kappa shape index (κ2) is 7.38. The van der Waals surface area contributed by atoms with Gasteiger partial charge in [-0.15, -0.1) is 0 Å². The van der Waals surface area contributed by atoms with Gasteiger partial charge in [-0.05, 0) is 38.3 Å². The van der Waals surface area contributed by atoms with Crippen LogP contribution >= 0.6 is 0 Å². The Labute approximate surface area is 108 Å². The van der Waals surface area contributed by atoms with E-state index in [4.69, 9.17) is 0 Å². The molecule has 2 heteroatoms. The smallest absolute Gasteiger partial charge is 0.0220 e. The van der Waals surface area contributed by atoms with Crippen LogP contribution in [0.25, 0.3) is 0 Å². The van der Waals surface area contributed by atoms with Gasteiger partial charge in [-0.25, -0.2) is 0 Å². The SMILES string of the molecule is CCC(C)C1CN(C(C)C(C)CC)CCCN1. The molecule has 0 radical (unpaired) electrons. The number of nitrogens with one attached hydrogen (secondary N) is 1. The van der Waals surface area contributed by atoms with E-state index in [-0.39, 0.29) is 0 Å². The fraction of sp³-hybridized carbons (Fsp3) is 1.00. The molecule has 0 amide bonds. The summed E-state index contributed by atoms with van der Waals surface area (Å²) in [6.07, 6.45) is 3.87. The number of rotatable bonds is 5. The molecule has 2 nitrogen and oxygen atoms in total. The van der Waals surface area contributed by atoms with E-state index in [1.165, 1.54) is 38.9 Å².